The van der Waals surface area contributed by atoms with E-state index >= 15 is 0 Å². The molecule has 1 unspecified atom stereocenters. The zero-order valence-corrected chi connectivity index (χ0v) is 24.7. The number of rotatable bonds is 7. The predicted molar refractivity (Wildman–Crippen MR) is 171 cm³/mol. The number of aromatic nitrogens is 2. The predicted octanol–water partition coefficient (Wildman–Crippen LogP) is 8.45. The summed E-state index contributed by atoms with van der Waals surface area (Å²) in [6.45, 7) is 0. The maximum atomic E-state index is 5.41. The van der Waals surface area contributed by atoms with Crippen molar-refractivity contribution in [2.45, 2.75) is 81.6 Å². The Hall–Kier alpha value is -3.36. The summed E-state index contributed by atoms with van der Waals surface area (Å²) in [4.78, 5) is 0. The number of hydrogen-bond donors (Lipinski definition) is 0. The summed E-state index contributed by atoms with van der Waals surface area (Å²) in [5, 5.41) is 10.6. The highest BCUT2D eigenvalue weighted by atomic mass is 31.1. The molecule has 41 heavy (non-hydrogen) atoms. The number of para-hydroxylation sites is 1. The quantitative estimate of drug-likeness (QED) is 0.165. The van der Waals surface area contributed by atoms with Crippen molar-refractivity contribution in [2.24, 2.45) is 5.10 Å². The molecular weight excluding hydrogens is 519 g/mol. The Balaban J connectivity index is 1.42. The summed E-state index contributed by atoms with van der Waals surface area (Å²) in [5.74, 6) is 0. The van der Waals surface area contributed by atoms with Gasteiger partial charge in [0.2, 0.25) is 5.69 Å². The van der Waals surface area contributed by atoms with Crippen LogP contribution in [0.1, 0.15) is 81.4 Å². The highest BCUT2D eigenvalue weighted by molar-refractivity contribution is 7.66. The molecule has 1 aliphatic heterocycles. The van der Waals surface area contributed by atoms with Crippen LogP contribution in [0.5, 0.6) is 0 Å². The lowest BCUT2D eigenvalue weighted by atomic mass is 9.95. The number of benzene rings is 3. The molecule has 0 bridgehead atoms. The third kappa shape index (κ3) is 5.35. The van der Waals surface area contributed by atoms with Crippen LogP contribution in [-0.2, 0) is 0 Å². The minimum absolute atomic E-state index is 0.0952. The highest BCUT2D eigenvalue weighted by Gasteiger charge is 2.45. The molecule has 7 rings (SSSR count). The second kappa shape index (κ2) is 12.2. The summed E-state index contributed by atoms with van der Waals surface area (Å²) < 4.78 is 4.59. The van der Waals surface area contributed by atoms with Gasteiger partial charge in [-0.05, 0) is 67.8 Å². The van der Waals surface area contributed by atoms with E-state index < -0.39 is 0 Å². The van der Waals surface area contributed by atoms with Crippen molar-refractivity contribution in [3.8, 4) is 0 Å². The molecule has 2 aliphatic carbocycles. The lowest BCUT2D eigenvalue weighted by Gasteiger charge is -2.39. The van der Waals surface area contributed by atoms with Gasteiger partial charge in [0.1, 0.15) is 0 Å². The highest BCUT2D eigenvalue weighted by Crippen LogP contribution is 2.55. The fourth-order valence-corrected chi connectivity index (χ4v) is 11.1. The number of hydrazone groups is 1. The molecule has 5 heteroatoms. The number of hydrogen-bond acceptors (Lipinski definition) is 2. The van der Waals surface area contributed by atoms with Crippen LogP contribution in [0.15, 0.2) is 108 Å². The average Bonchev–Trinajstić information content (AvgIpc) is 3.69. The van der Waals surface area contributed by atoms with E-state index in [1.54, 1.807) is 0 Å². The van der Waals surface area contributed by atoms with Crippen molar-refractivity contribution in [3.05, 3.63) is 114 Å². The van der Waals surface area contributed by atoms with Crippen LogP contribution < -0.4 is 5.44 Å². The van der Waals surface area contributed by atoms with Gasteiger partial charge in [-0.2, -0.15) is 5.10 Å². The van der Waals surface area contributed by atoms with Crippen LogP contribution in [-0.4, -0.2) is 37.2 Å². The molecular formula is C36H40N4P+. The Bertz CT molecular complexity index is 1480. The molecule has 2 saturated carbocycles. The summed E-state index contributed by atoms with van der Waals surface area (Å²) in [7, 11) is -0.323. The van der Waals surface area contributed by atoms with E-state index in [0.717, 1.165) is 28.3 Å². The molecule has 0 N–H and O–H groups in total. The molecule has 3 aliphatic rings. The van der Waals surface area contributed by atoms with Crippen LogP contribution in [0.4, 0.5) is 5.69 Å². The fourth-order valence-electron chi connectivity index (χ4n) is 7.27. The van der Waals surface area contributed by atoms with Gasteiger partial charge in [-0.1, -0.05) is 105 Å². The molecule has 1 atom stereocenters. The summed E-state index contributed by atoms with van der Waals surface area (Å²) in [6.07, 6.45) is 15.9. The minimum atomic E-state index is -0.323. The average molecular weight is 560 g/mol. The summed E-state index contributed by atoms with van der Waals surface area (Å²) >= 11 is 0. The van der Waals surface area contributed by atoms with Crippen LogP contribution in [0.2, 0.25) is 0 Å². The van der Waals surface area contributed by atoms with E-state index in [-0.39, 0.29) is 14.0 Å². The second-order valence-corrected chi connectivity index (χ2v) is 14.5. The molecule has 0 amide bonds. The Morgan fingerprint density at radius 2 is 1.15 bits per heavy atom. The first-order valence-corrected chi connectivity index (χ1v) is 17.1. The van der Waals surface area contributed by atoms with E-state index in [4.69, 9.17) is 10.2 Å². The SMILES string of the molecule is c1ccc(C2=N[N+](c3ccccc3)=C(c3ccccc3)C2n2nccc2P(C2CCCCC2)C2CCCCC2)cc1. The smallest absolute Gasteiger partial charge is 0.245 e. The topological polar surface area (TPSA) is 33.2 Å². The summed E-state index contributed by atoms with van der Waals surface area (Å²) in [6, 6.07) is 34.5. The van der Waals surface area contributed by atoms with Gasteiger partial charge >= 0.3 is 0 Å². The Morgan fingerprint density at radius 3 is 1.73 bits per heavy atom. The first-order valence-electron chi connectivity index (χ1n) is 15.6. The molecule has 0 saturated heterocycles. The lowest BCUT2D eigenvalue weighted by Crippen LogP contribution is -2.37. The van der Waals surface area contributed by atoms with E-state index in [1.807, 2.05) is 0 Å². The molecule has 2 fully saturated rings. The van der Waals surface area contributed by atoms with Crippen molar-refractivity contribution in [1.29, 1.82) is 0 Å². The van der Waals surface area contributed by atoms with Gasteiger partial charge in [0.05, 0.1) is 5.44 Å². The lowest BCUT2D eigenvalue weighted by molar-refractivity contribution is -0.442. The second-order valence-electron chi connectivity index (χ2n) is 11.8. The Kier molecular flexibility index (Phi) is 7.93. The molecule has 4 nitrogen and oxygen atoms in total. The van der Waals surface area contributed by atoms with E-state index in [0.29, 0.717) is 0 Å². The van der Waals surface area contributed by atoms with Crippen molar-refractivity contribution in [1.82, 2.24) is 9.78 Å². The van der Waals surface area contributed by atoms with E-state index in [2.05, 4.69) is 113 Å². The van der Waals surface area contributed by atoms with Crippen LogP contribution in [0, 0.1) is 0 Å². The van der Waals surface area contributed by atoms with Crippen LogP contribution in [0.3, 0.4) is 0 Å². The number of nitrogens with zero attached hydrogens (tertiary/aromatic N) is 4. The first-order chi connectivity index (χ1) is 20.4. The van der Waals surface area contributed by atoms with Gasteiger partial charge in [-0.3, -0.25) is 0 Å². The normalized spacial score (nSPS) is 20.5. The maximum Gasteiger partial charge on any atom is 0.253 e. The van der Waals surface area contributed by atoms with Crippen LogP contribution in [0.25, 0.3) is 0 Å². The molecule has 4 aromatic rings. The molecule has 2 heterocycles. The van der Waals surface area contributed by atoms with Crippen molar-refractivity contribution >= 4 is 30.5 Å². The van der Waals surface area contributed by atoms with Crippen molar-refractivity contribution < 1.29 is 4.68 Å². The molecule has 0 spiro atoms. The van der Waals surface area contributed by atoms with E-state index in [1.165, 1.54) is 80.9 Å². The largest absolute Gasteiger partial charge is 0.253 e. The molecule has 208 valence electrons. The Morgan fingerprint density at radius 1 is 0.610 bits per heavy atom. The van der Waals surface area contributed by atoms with Gasteiger partial charge < -0.3 is 0 Å². The van der Waals surface area contributed by atoms with Gasteiger partial charge in [0, 0.05) is 34.6 Å². The first kappa shape index (κ1) is 26.5. The van der Waals surface area contributed by atoms with Crippen molar-refractivity contribution in [2.75, 3.05) is 0 Å². The third-order valence-electron chi connectivity index (χ3n) is 9.19. The minimum Gasteiger partial charge on any atom is -0.245 e. The molecule has 3 aromatic carbocycles. The molecule has 0 radical (unpaired) electrons. The maximum absolute atomic E-state index is 5.41. The van der Waals surface area contributed by atoms with Crippen LogP contribution >= 0.6 is 7.92 Å². The van der Waals surface area contributed by atoms with Gasteiger partial charge in [-0.15, -0.1) is 0 Å². The zero-order chi connectivity index (χ0) is 27.4. The van der Waals surface area contributed by atoms with Crippen molar-refractivity contribution in [3.63, 3.8) is 0 Å². The van der Waals surface area contributed by atoms with E-state index in [9.17, 15) is 0 Å². The monoisotopic (exact) mass is 559 g/mol. The summed E-state index contributed by atoms with van der Waals surface area (Å²) in [5.41, 5.74) is 8.78. The fraction of sp³-hybridized carbons (Fsp3) is 0.361. The van der Waals surface area contributed by atoms with Gasteiger partial charge in [-0.25, -0.2) is 4.68 Å². The van der Waals surface area contributed by atoms with Gasteiger partial charge in [0.15, 0.2) is 11.8 Å². The molecule has 1 aromatic heterocycles. The third-order valence-corrected chi connectivity index (χ3v) is 12.7. The zero-order valence-electron chi connectivity index (χ0n) is 23.9. The Labute approximate surface area is 245 Å². The standard InChI is InChI=1S/C36H40N4P/c1-6-16-28(17-7-1)34-36(35(29-18-8-2-9-19-29)39(38-34)30-20-10-3-11-21-30)40-33(26-27-37-40)41(31-22-12-4-13-23-31)32-24-14-5-15-25-32/h1-3,6-11,16-21,26-27,31-32,36H,4-5,12-15,22-25H2/q+1. The van der Waals surface area contributed by atoms with Gasteiger partial charge in [0.25, 0.3) is 5.71 Å².